The number of hydrogen-bond donors (Lipinski definition) is 2. The molecule has 1 aromatic rings. The molecular formula is C14H24N2O2. The number of benzene rings is 1. The van der Waals surface area contributed by atoms with Crippen LogP contribution >= 0.6 is 0 Å². The van der Waals surface area contributed by atoms with Gasteiger partial charge in [0.25, 0.3) is 0 Å². The zero-order chi connectivity index (χ0) is 13.8. The van der Waals surface area contributed by atoms with E-state index >= 15 is 0 Å². The van der Waals surface area contributed by atoms with E-state index in [0.29, 0.717) is 0 Å². The number of methoxy groups -OCH3 is 2. The summed E-state index contributed by atoms with van der Waals surface area (Å²) in [4.78, 5) is 0. The summed E-state index contributed by atoms with van der Waals surface area (Å²) in [5, 5.41) is 3.29. The Morgan fingerprint density at radius 3 is 2.39 bits per heavy atom. The molecule has 1 unspecified atom stereocenters. The molecule has 4 nitrogen and oxygen atoms in total. The summed E-state index contributed by atoms with van der Waals surface area (Å²) >= 11 is 0. The Morgan fingerprint density at radius 2 is 1.94 bits per heavy atom. The minimum atomic E-state index is -0.237. The second-order valence-corrected chi connectivity index (χ2v) is 5.14. The van der Waals surface area contributed by atoms with E-state index in [0.717, 1.165) is 23.5 Å². The van der Waals surface area contributed by atoms with Crippen LogP contribution in [0.1, 0.15) is 31.9 Å². The van der Waals surface area contributed by atoms with Gasteiger partial charge in [-0.1, -0.05) is 6.07 Å². The zero-order valence-corrected chi connectivity index (χ0v) is 11.9. The van der Waals surface area contributed by atoms with Gasteiger partial charge in [-0.25, -0.2) is 0 Å². The average Bonchev–Trinajstić information content (AvgIpc) is 2.34. The molecule has 4 heteroatoms. The van der Waals surface area contributed by atoms with Crippen LogP contribution in [0.25, 0.3) is 0 Å². The van der Waals surface area contributed by atoms with Gasteiger partial charge in [-0.2, -0.15) is 0 Å². The maximum atomic E-state index is 6.09. The molecule has 0 aliphatic carbocycles. The van der Waals surface area contributed by atoms with E-state index in [1.807, 2.05) is 39.1 Å². The first-order valence-corrected chi connectivity index (χ1v) is 6.09. The highest BCUT2D eigenvalue weighted by Crippen LogP contribution is 2.32. The van der Waals surface area contributed by atoms with Crippen molar-refractivity contribution >= 4 is 0 Å². The first-order valence-electron chi connectivity index (χ1n) is 6.09. The number of nitrogens with one attached hydrogen (secondary N) is 1. The largest absolute Gasteiger partial charge is 0.497 e. The Bertz CT molecular complexity index is 386. The molecule has 0 bridgehead atoms. The molecule has 3 N–H and O–H groups in total. The Balaban J connectivity index is 3.05. The molecule has 0 aliphatic rings. The van der Waals surface area contributed by atoms with Crippen molar-refractivity contribution < 1.29 is 9.47 Å². The lowest BCUT2D eigenvalue weighted by Gasteiger charge is -2.27. The molecule has 0 amide bonds. The van der Waals surface area contributed by atoms with Crippen LogP contribution in [0.3, 0.4) is 0 Å². The van der Waals surface area contributed by atoms with E-state index < -0.39 is 0 Å². The second kappa shape index (κ2) is 6.07. The molecule has 0 fully saturated rings. The monoisotopic (exact) mass is 252 g/mol. The van der Waals surface area contributed by atoms with Gasteiger partial charge in [-0.3, -0.25) is 0 Å². The number of rotatable bonds is 6. The molecule has 0 heterocycles. The van der Waals surface area contributed by atoms with Crippen molar-refractivity contribution in [3.05, 3.63) is 23.8 Å². The van der Waals surface area contributed by atoms with E-state index in [4.69, 9.17) is 15.2 Å². The fourth-order valence-electron chi connectivity index (χ4n) is 2.00. The minimum Gasteiger partial charge on any atom is -0.497 e. The Kier molecular flexibility index (Phi) is 4.99. The highest BCUT2D eigenvalue weighted by atomic mass is 16.5. The summed E-state index contributed by atoms with van der Waals surface area (Å²) < 4.78 is 10.6. The van der Waals surface area contributed by atoms with Crippen LogP contribution in [0.15, 0.2) is 18.2 Å². The maximum absolute atomic E-state index is 6.09. The van der Waals surface area contributed by atoms with Crippen LogP contribution in [0.5, 0.6) is 11.5 Å². The lowest BCUT2D eigenvalue weighted by Crippen LogP contribution is -2.36. The molecule has 0 saturated carbocycles. The Hall–Kier alpha value is -1.26. The van der Waals surface area contributed by atoms with Gasteiger partial charge in [0.05, 0.1) is 14.2 Å². The molecule has 18 heavy (non-hydrogen) atoms. The van der Waals surface area contributed by atoms with Gasteiger partial charge < -0.3 is 20.5 Å². The molecule has 0 aromatic heterocycles. The smallest absolute Gasteiger partial charge is 0.127 e. The molecule has 0 aliphatic heterocycles. The van der Waals surface area contributed by atoms with E-state index in [1.54, 1.807) is 14.2 Å². The van der Waals surface area contributed by atoms with E-state index in [2.05, 4.69) is 5.32 Å². The Morgan fingerprint density at radius 1 is 1.28 bits per heavy atom. The summed E-state index contributed by atoms with van der Waals surface area (Å²) in [5.74, 6) is 1.61. The predicted octanol–water partition coefficient (Wildman–Crippen LogP) is 2.09. The number of nitrogens with two attached hydrogens (primary N) is 1. The van der Waals surface area contributed by atoms with Crippen molar-refractivity contribution in [3.63, 3.8) is 0 Å². The van der Waals surface area contributed by atoms with E-state index in [9.17, 15) is 0 Å². The molecular weight excluding hydrogens is 228 g/mol. The number of hydrogen-bond acceptors (Lipinski definition) is 4. The van der Waals surface area contributed by atoms with Crippen molar-refractivity contribution in [2.45, 2.75) is 31.8 Å². The molecule has 0 saturated heterocycles. The van der Waals surface area contributed by atoms with Gasteiger partial charge in [0.1, 0.15) is 11.5 Å². The van der Waals surface area contributed by atoms with Crippen LogP contribution in [-0.4, -0.2) is 26.8 Å². The average molecular weight is 252 g/mol. The highest BCUT2D eigenvalue weighted by Gasteiger charge is 2.22. The third-order valence-corrected chi connectivity index (χ3v) is 2.89. The van der Waals surface area contributed by atoms with Crippen LogP contribution in [0, 0.1) is 0 Å². The van der Waals surface area contributed by atoms with Crippen LogP contribution in [-0.2, 0) is 0 Å². The van der Waals surface area contributed by atoms with Crippen molar-refractivity contribution in [1.29, 1.82) is 0 Å². The Labute approximate surface area is 109 Å². The minimum absolute atomic E-state index is 0.158. The lowest BCUT2D eigenvalue weighted by atomic mass is 9.91. The van der Waals surface area contributed by atoms with Crippen molar-refractivity contribution in [3.8, 4) is 11.5 Å². The van der Waals surface area contributed by atoms with Crippen LogP contribution < -0.4 is 20.5 Å². The molecule has 1 atom stereocenters. The summed E-state index contributed by atoms with van der Waals surface area (Å²) in [5.41, 5.74) is 6.95. The van der Waals surface area contributed by atoms with Crippen LogP contribution in [0.2, 0.25) is 0 Å². The normalized spacial score (nSPS) is 13.2. The standard InChI is InChI=1S/C14H24N2O2/c1-14(2,15)9-12(16-3)11-7-6-10(17-4)8-13(11)18-5/h6-8,12,16H,9,15H2,1-5H3. The van der Waals surface area contributed by atoms with Gasteiger partial charge in [0, 0.05) is 23.2 Å². The topological polar surface area (TPSA) is 56.5 Å². The van der Waals surface area contributed by atoms with Crippen molar-refractivity contribution in [2.24, 2.45) is 5.73 Å². The molecule has 102 valence electrons. The first kappa shape index (κ1) is 14.8. The summed E-state index contributed by atoms with van der Waals surface area (Å²) in [6.45, 7) is 4.04. The van der Waals surface area contributed by atoms with Crippen molar-refractivity contribution in [2.75, 3.05) is 21.3 Å². The zero-order valence-electron chi connectivity index (χ0n) is 11.9. The van der Waals surface area contributed by atoms with Gasteiger partial charge in [-0.15, -0.1) is 0 Å². The van der Waals surface area contributed by atoms with E-state index in [-0.39, 0.29) is 11.6 Å². The third kappa shape index (κ3) is 3.89. The molecule has 0 spiro atoms. The van der Waals surface area contributed by atoms with Gasteiger partial charge in [-0.05, 0) is 33.4 Å². The third-order valence-electron chi connectivity index (χ3n) is 2.89. The van der Waals surface area contributed by atoms with Gasteiger partial charge >= 0.3 is 0 Å². The molecule has 0 radical (unpaired) electrons. The van der Waals surface area contributed by atoms with Gasteiger partial charge in [0.15, 0.2) is 0 Å². The summed E-state index contributed by atoms with van der Waals surface area (Å²) in [6.07, 6.45) is 0.826. The van der Waals surface area contributed by atoms with E-state index in [1.165, 1.54) is 0 Å². The fraction of sp³-hybridized carbons (Fsp3) is 0.571. The quantitative estimate of drug-likeness (QED) is 0.814. The molecule has 1 aromatic carbocycles. The lowest BCUT2D eigenvalue weighted by molar-refractivity contribution is 0.364. The maximum Gasteiger partial charge on any atom is 0.127 e. The SMILES string of the molecule is CNC(CC(C)(C)N)c1ccc(OC)cc1OC. The van der Waals surface area contributed by atoms with Gasteiger partial charge in [0.2, 0.25) is 0 Å². The first-order chi connectivity index (χ1) is 8.41. The summed E-state index contributed by atoms with van der Waals surface area (Å²) in [6, 6.07) is 6.00. The predicted molar refractivity (Wildman–Crippen MR) is 74.2 cm³/mol. The molecule has 1 rings (SSSR count). The highest BCUT2D eigenvalue weighted by molar-refractivity contribution is 5.42. The van der Waals surface area contributed by atoms with Crippen molar-refractivity contribution in [1.82, 2.24) is 5.32 Å². The summed E-state index contributed by atoms with van der Waals surface area (Å²) in [7, 11) is 5.24. The van der Waals surface area contributed by atoms with Crippen LogP contribution in [0.4, 0.5) is 0 Å². The second-order valence-electron chi connectivity index (χ2n) is 5.14. The fourth-order valence-corrected chi connectivity index (χ4v) is 2.00. The number of ether oxygens (including phenoxy) is 2.